The van der Waals surface area contributed by atoms with Crippen LogP contribution in [-0.4, -0.2) is 61.7 Å². The monoisotopic (exact) mass is 470 g/mol. The molecule has 2 unspecified atom stereocenters. The summed E-state index contributed by atoms with van der Waals surface area (Å²) in [6.07, 6.45) is 4.37. The van der Waals surface area contributed by atoms with E-state index in [0.717, 1.165) is 44.6 Å². The maximum Gasteiger partial charge on any atom is 0.253 e. The van der Waals surface area contributed by atoms with Crippen molar-refractivity contribution < 1.29 is 14.3 Å². The second kappa shape index (κ2) is 10.9. The van der Waals surface area contributed by atoms with E-state index in [1.807, 2.05) is 17.0 Å². The summed E-state index contributed by atoms with van der Waals surface area (Å²) in [5.41, 5.74) is 4.67. The number of methoxy groups -OCH3 is 1. The third kappa shape index (κ3) is 5.37. The highest BCUT2D eigenvalue weighted by molar-refractivity contribution is 6.30. The first kappa shape index (κ1) is 24.1. The second-order valence-corrected chi connectivity index (χ2v) is 9.63. The molecule has 0 bridgehead atoms. The van der Waals surface area contributed by atoms with Gasteiger partial charge in [-0.25, -0.2) is 0 Å². The van der Waals surface area contributed by atoms with Gasteiger partial charge in [0.05, 0.1) is 6.61 Å². The highest BCUT2D eigenvalue weighted by Crippen LogP contribution is 2.39. The van der Waals surface area contributed by atoms with Crippen LogP contribution >= 0.6 is 11.6 Å². The number of amides is 1. The van der Waals surface area contributed by atoms with Crippen LogP contribution in [0.4, 0.5) is 0 Å². The Kier molecular flexibility index (Phi) is 7.94. The van der Waals surface area contributed by atoms with Crippen LogP contribution in [-0.2, 0) is 4.74 Å². The lowest BCUT2D eigenvalue weighted by Gasteiger charge is -2.48. The Labute approximate surface area is 202 Å². The number of fused-ring (bicyclic) bond motifs is 1. The van der Waals surface area contributed by atoms with Crippen molar-refractivity contribution in [3.63, 3.8) is 0 Å². The van der Waals surface area contributed by atoms with Crippen molar-refractivity contribution in [1.29, 1.82) is 0 Å². The van der Waals surface area contributed by atoms with Crippen molar-refractivity contribution >= 4 is 17.5 Å². The minimum Gasteiger partial charge on any atom is -0.493 e. The smallest absolute Gasteiger partial charge is 0.253 e. The van der Waals surface area contributed by atoms with Gasteiger partial charge in [0.25, 0.3) is 5.91 Å². The van der Waals surface area contributed by atoms with E-state index in [9.17, 15) is 4.79 Å². The molecular formula is C27H35ClN2O3. The number of halogens is 1. The van der Waals surface area contributed by atoms with Crippen LogP contribution in [0, 0.1) is 13.8 Å². The molecule has 5 nitrogen and oxygen atoms in total. The topological polar surface area (TPSA) is 42.0 Å². The molecule has 0 N–H and O–H groups in total. The zero-order valence-electron chi connectivity index (χ0n) is 20.0. The zero-order valence-corrected chi connectivity index (χ0v) is 20.7. The number of nitrogens with zero attached hydrogens (tertiary/aromatic N) is 2. The Morgan fingerprint density at radius 3 is 2.58 bits per heavy atom. The molecule has 33 heavy (non-hydrogen) atoms. The van der Waals surface area contributed by atoms with Gasteiger partial charge in [-0.05, 0) is 80.1 Å². The van der Waals surface area contributed by atoms with Gasteiger partial charge in [-0.15, -0.1) is 0 Å². The molecule has 4 rings (SSSR count). The van der Waals surface area contributed by atoms with Gasteiger partial charge in [-0.3, -0.25) is 9.69 Å². The van der Waals surface area contributed by atoms with Gasteiger partial charge in [-0.1, -0.05) is 17.7 Å². The number of piperidine rings is 1. The van der Waals surface area contributed by atoms with E-state index >= 15 is 0 Å². The summed E-state index contributed by atoms with van der Waals surface area (Å²) < 4.78 is 11.1. The molecule has 2 aliphatic rings. The summed E-state index contributed by atoms with van der Waals surface area (Å²) in [6.45, 7) is 8.21. The van der Waals surface area contributed by atoms with E-state index in [-0.39, 0.29) is 5.91 Å². The number of hydrogen-bond donors (Lipinski definition) is 0. The average Bonchev–Trinajstić information content (AvgIpc) is 2.84. The molecule has 0 radical (unpaired) electrons. The molecule has 0 aliphatic carbocycles. The van der Waals surface area contributed by atoms with Crippen molar-refractivity contribution in [1.82, 2.24) is 9.80 Å². The van der Waals surface area contributed by atoms with Crippen molar-refractivity contribution in [2.24, 2.45) is 0 Å². The van der Waals surface area contributed by atoms with Crippen molar-refractivity contribution in [2.45, 2.75) is 51.6 Å². The quantitative estimate of drug-likeness (QED) is 0.506. The standard InChI is InChI=1S/C27H35ClN2O3/c1-19-20(2)26(33-17-5-16-32-3)13-12-24(19)25-7-4-6-23-18-29(14-15-30(23)25)27(31)21-8-10-22(28)11-9-21/h8-13,23,25H,4-7,14-18H2,1-3H3. The van der Waals surface area contributed by atoms with Crippen LogP contribution in [0.1, 0.15) is 58.8 Å². The maximum absolute atomic E-state index is 13.0. The van der Waals surface area contributed by atoms with Crippen molar-refractivity contribution in [2.75, 3.05) is 40.0 Å². The molecule has 178 valence electrons. The highest BCUT2D eigenvalue weighted by atomic mass is 35.5. The fraction of sp³-hybridized carbons (Fsp3) is 0.519. The summed E-state index contributed by atoms with van der Waals surface area (Å²) >= 11 is 5.99. The largest absolute Gasteiger partial charge is 0.493 e. The highest BCUT2D eigenvalue weighted by Gasteiger charge is 2.37. The fourth-order valence-corrected chi connectivity index (χ4v) is 5.39. The number of hydrogen-bond acceptors (Lipinski definition) is 4. The lowest BCUT2D eigenvalue weighted by Crippen LogP contribution is -2.57. The fourth-order valence-electron chi connectivity index (χ4n) is 5.26. The van der Waals surface area contributed by atoms with Gasteiger partial charge in [0.1, 0.15) is 5.75 Å². The Bertz CT molecular complexity index is 963. The van der Waals surface area contributed by atoms with Crippen molar-refractivity contribution in [3.8, 4) is 5.75 Å². The van der Waals surface area contributed by atoms with E-state index in [1.54, 1.807) is 19.2 Å². The molecule has 2 aliphatic heterocycles. The molecule has 1 amide bonds. The van der Waals surface area contributed by atoms with Crippen LogP contribution in [0.5, 0.6) is 5.75 Å². The Balaban J connectivity index is 1.45. The lowest BCUT2D eigenvalue weighted by atomic mass is 9.86. The zero-order chi connectivity index (χ0) is 23.4. The molecule has 2 atom stereocenters. The Morgan fingerprint density at radius 2 is 1.82 bits per heavy atom. The van der Waals surface area contributed by atoms with Crippen LogP contribution in [0.15, 0.2) is 36.4 Å². The van der Waals surface area contributed by atoms with Gasteiger partial charge in [0, 0.05) is 62.4 Å². The number of carbonyl (C=O) groups excluding carboxylic acids is 1. The predicted octanol–water partition coefficient (Wildman–Crippen LogP) is 5.42. The van der Waals surface area contributed by atoms with Gasteiger partial charge in [0.15, 0.2) is 0 Å². The van der Waals surface area contributed by atoms with E-state index in [2.05, 4.69) is 30.9 Å². The van der Waals surface area contributed by atoms with Gasteiger partial charge in [0.2, 0.25) is 0 Å². The lowest BCUT2D eigenvalue weighted by molar-refractivity contribution is 0.0101. The minimum absolute atomic E-state index is 0.107. The van der Waals surface area contributed by atoms with Crippen LogP contribution in [0.2, 0.25) is 5.02 Å². The summed E-state index contributed by atoms with van der Waals surface area (Å²) in [5, 5.41) is 0.656. The number of carbonyl (C=O) groups is 1. The summed E-state index contributed by atoms with van der Waals surface area (Å²) in [6, 6.07) is 12.4. The molecule has 0 aromatic heterocycles. The van der Waals surface area contributed by atoms with Crippen LogP contribution in [0.25, 0.3) is 0 Å². The molecule has 0 saturated carbocycles. The van der Waals surface area contributed by atoms with E-state index < -0.39 is 0 Å². The minimum atomic E-state index is 0.107. The molecule has 2 aromatic carbocycles. The van der Waals surface area contributed by atoms with Crippen LogP contribution < -0.4 is 4.74 Å². The summed E-state index contributed by atoms with van der Waals surface area (Å²) in [7, 11) is 1.72. The Morgan fingerprint density at radius 1 is 1.03 bits per heavy atom. The normalized spacial score (nSPS) is 21.0. The van der Waals surface area contributed by atoms with Gasteiger partial charge in [-0.2, -0.15) is 0 Å². The number of ether oxygens (including phenoxy) is 2. The SMILES string of the molecule is COCCCOc1ccc(C2CCCC3CN(C(=O)c4ccc(Cl)cc4)CCN32)c(C)c1C. The maximum atomic E-state index is 13.0. The molecule has 0 spiro atoms. The average molecular weight is 471 g/mol. The molecule has 2 heterocycles. The second-order valence-electron chi connectivity index (χ2n) is 9.19. The number of rotatable bonds is 7. The molecule has 2 saturated heterocycles. The summed E-state index contributed by atoms with van der Waals surface area (Å²) in [5.74, 6) is 1.08. The van der Waals surface area contributed by atoms with E-state index in [1.165, 1.54) is 23.1 Å². The molecule has 6 heteroatoms. The molecule has 2 aromatic rings. The first-order valence-electron chi connectivity index (χ1n) is 12.0. The summed E-state index contributed by atoms with van der Waals surface area (Å²) in [4.78, 5) is 17.7. The van der Waals surface area contributed by atoms with Crippen molar-refractivity contribution in [3.05, 3.63) is 63.7 Å². The van der Waals surface area contributed by atoms with Crippen LogP contribution in [0.3, 0.4) is 0 Å². The third-order valence-corrected chi connectivity index (χ3v) is 7.46. The Hall–Kier alpha value is -2.08. The number of benzene rings is 2. The third-order valence-electron chi connectivity index (χ3n) is 7.21. The predicted molar refractivity (Wildman–Crippen MR) is 132 cm³/mol. The molecular weight excluding hydrogens is 436 g/mol. The van der Waals surface area contributed by atoms with Gasteiger partial charge >= 0.3 is 0 Å². The first-order valence-corrected chi connectivity index (χ1v) is 12.4. The number of piperazine rings is 1. The first-order chi connectivity index (χ1) is 16.0. The van der Waals surface area contributed by atoms with Gasteiger partial charge < -0.3 is 14.4 Å². The molecule has 2 fully saturated rings. The van der Waals surface area contributed by atoms with E-state index in [0.29, 0.717) is 35.9 Å². The van der Waals surface area contributed by atoms with E-state index in [4.69, 9.17) is 21.1 Å².